The number of rotatable bonds is 7. The second kappa shape index (κ2) is 9.17. The molecule has 6 nitrogen and oxygen atoms in total. The summed E-state index contributed by atoms with van der Waals surface area (Å²) in [6.45, 7) is 1.20. The van der Waals surface area contributed by atoms with E-state index in [9.17, 15) is 4.39 Å². The summed E-state index contributed by atoms with van der Waals surface area (Å²) in [6, 6.07) is 2.86. The molecule has 1 aliphatic rings. The predicted molar refractivity (Wildman–Crippen MR) is 116 cm³/mol. The summed E-state index contributed by atoms with van der Waals surface area (Å²) in [5, 5.41) is 9.88. The minimum atomic E-state index is -0.406. The zero-order valence-electron chi connectivity index (χ0n) is 15.6. The lowest BCUT2D eigenvalue weighted by Gasteiger charge is -2.25. The molecule has 0 radical (unpaired) electrons. The minimum Gasteiger partial charge on any atom is -0.490 e. The van der Waals surface area contributed by atoms with E-state index in [1.807, 2.05) is 24.8 Å². The lowest BCUT2D eigenvalue weighted by atomic mass is 9.97. The fraction of sp³-hybridized carbons (Fsp3) is 0.263. The molecule has 152 valence electrons. The van der Waals surface area contributed by atoms with Crippen molar-refractivity contribution in [3.8, 4) is 5.75 Å². The molecule has 2 N–H and O–H groups in total. The van der Waals surface area contributed by atoms with Crippen molar-refractivity contribution >= 4 is 46.3 Å². The van der Waals surface area contributed by atoms with Crippen LogP contribution in [0.25, 0.3) is 5.57 Å². The van der Waals surface area contributed by atoms with Crippen LogP contribution in [0, 0.1) is 5.82 Å². The molecule has 10 heteroatoms. The largest absolute Gasteiger partial charge is 0.490 e. The van der Waals surface area contributed by atoms with Gasteiger partial charge in [-0.15, -0.1) is 11.3 Å². The van der Waals surface area contributed by atoms with Crippen molar-refractivity contribution in [3.63, 3.8) is 0 Å². The Morgan fingerprint density at radius 2 is 2.38 bits per heavy atom. The quantitative estimate of drug-likeness (QED) is 0.511. The highest BCUT2D eigenvalue weighted by molar-refractivity contribution is 8.00. The molecule has 0 amide bonds. The highest BCUT2D eigenvalue weighted by Gasteiger charge is 2.21. The van der Waals surface area contributed by atoms with Crippen LogP contribution < -0.4 is 14.8 Å². The first-order valence-corrected chi connectivity index (χ1v) is 11.1. The van der Waals surface area contributed by atoms with Crippen molar-refractivity contribution < 1.29 is 9.13 Å². The van der Waals surface area contributed by atoms with Gasteiger partial charge in [0.15, 0.2) is 0 Å². The third-order valence-electron chi connectivity index (χ3n) is 4.40. The van der Waals surface area contributed by atoms with Gasteiger partial charge in [-0.3, -0.25) is 4.68 Å². The SMILES string of the molecule is Cn1cc(C2=CCCNC2COc2cc(F)c(SNc3cscn3)cc2Cl)cn1. The Balaban J connectivity index is 1.43. The Morgan fingerprint density at radius 3 is 3.14 bits per heavy atom. The number of anilines is 1. The number of benzene rings is 1. The van der Waals surface area contributed by atoms with Crippen molar-refractivity contribution in [3.05, 3.63) is 57.9 Å². The summed E-state index contributed by atoms with van der Waals surface area (Å²) in [5.41, 5.74) is 3.88. The van der Waals surface area contributed by atoms with Crippen molar-refractivity contribution in [2.24, 2.45) is 7.05 Å². The number of thiazole rings is 1. The van der Waals surface area contributed by atoms with Crippen LogP contribution in [0.1, 0.15) is 12.0 Å². The maximum atomic E-state index is 14.5. The molecule has 1 atom stereocenters. The molecule has 0 aliphatic carbocycles. The summed E-state index contributed by atoms with van der Waals surface area (Å²) < 4.78 is 25.1. The van der Waals surface area contributed by atoms with Crippen LogP contribution in [0.15, 0.2) is 46.4 Å². The van der Waals surface area contributed by atoms with Crippen LogP contribution in [0.3, 0.4) is 0 Å². The van der Waals surface area contributed by atoms with Gasteiger partial charge in [0.25, 0.3) is 0 Å². The molecule has 1 aliphatic heterocycles. The highest BCUT2D eigenvalue weighted by atomic mass is 35.5. The lowest BCUT2D eigenvalue weighted by molar-refractivity contribution is 0.287. The summed E-state index contributed by atoms with van der Waals surface area (Å²) >= 11 is 8.93. The summed E-state index contributed by atoms with van der Waals surface area (Å²) in [4.78, 5) is 4.48. The van der Waals surface area contributed by atoms with E-state index in [0.29, 0.717) is 28.1 Å². The molecule has 29 heavy (non-hydrogen) atoms. The monoisotopic (exact) mass is 451 g/mol. The van der Waals surface area contributed by atoms with Crippen molar-refractivity contribution in [2.45, 2.75) is 17.4 Å². The predicted octanol–water partition coefficient (Wildman–Crippen LogP) is 4.61. The van der Waals surface area contributed by atoms with E-state index in [1.165, 1.54) is 17.4 Å². The van der Waals surface area contributed by atoms with Crippen LogP contribution in [-0.4, -0.2) is 34.0 Å². The fourth-order valence-electron chi connectivity index (χ4n) is 3.02. The number of nitrogens with zero attached hydrogens (tertiary/aromatic N) is 3. The average molecular weight is 452 g/mol. The molecular formula is C19H19ClFN5OS2. The molecule has 1 unspecified atom stereocenters. The second-order valence-electron chi connectivity index (χ2n) is 6.46. The van der Waals surface area contributed by atoms with Gasteiger partial charge in [-0.2, -0.15) is 5.10 Å². The van der Waals surface area contributed by atoms with Gasteiger partial charge in [0.2, 0.25) is 0 Å². The summed E-state index contributed by atoms with van der Waals surface area (Å²) in [7, 11) is 1.89. The maximum absolute atomic E-state index is 14.5. The van der Waals surface area contributed by atoms with E-state index in [4.69, 9.17) is 16.3 Å². The van der Waals surface area contributed by atoms with E-state index in [1.54, 1.807) is 16.3 Å². The first-order chi connectivity index (χ1) is 14.1. The van der Waals surface area contributed by atoms with Gasteiger partial charge in [0, 0.05) is 30.3 Å². The van der Waals surface area contributed by atoms with Crippen molar-refractivity contribution in [2.75, 3.05) is 17.9 Å². The zero-order valence-corrected chi connectivity index (χ0v) is 18.0. The number of nitrogens with one attached hydrogen (secondary N) is 2. The van der Waals surface area contributed by atoms with E-state index < -0.39 is 5.82 Å². The molecule has 2 aromatic heterocycles. The Kier molecular flexibility index (Phi) is 6.39. The Hall–Kier alpha value is -2.07. The molecule has 0 saturated carbocycles. The molecule has 3 heterocycles. The second-order valence-corrected chi connectivity index (χ2v) is 8.43. The fourth-order valence-corrected chi connectivity index (χ4v) is 4.52. The maximum Gasteiger partial charge on any atom is 0.147 e. The van der Waals surface area contributed by atoms with Crippen LogP contribution in [-0.2, 0) is 7.05 Å². The highest BCUT2D eigenvalue weighted by Crippen LogP contribution is 2.33. The molecule has 0 fully saturated rings. The Morgan fingerprint density at radius 1 is 1.48 bits per heavy atom. The molecular weight excluding hydrogens is 433 g/mol. The minimum absolute atomic E-state index is 0.0209. The van der Waals surface area contributed by atoms with Gasteiger partial charge >= 0.3 is 0 Å². The topological polar surface area (TPSA) is 64.0 Å². The standard InChI is InChI=1S/C19H19ClFN5OS2/c1-26-8-12(7-24-26)13-3-2-4-22-16(13)9-27-17-6-15(21)18(5-14(17)20)29-25-19-10-28-11-23-19/h3,5-8,10-11,16,22,25H,2,4,9H2,1H3. The van der Waals surface area contributed by atoms with Gasteiger partial charge in [0.1, 0.15) is 24.0 Å². The van der Waals surface area contributed by atoms with E-state index in [2.05, 4.69) is 26.2 Å². The zero-order chi connectivity index (χ0) is 20.2. The van der Waals surface area contributed by atoms with Crippen LogP contribution in [0.5, 0.6) is 5.75 Å². The number of hydrogen-bond acceptors (Lipinski definition) is 7. The van der Waals surface area contributed by atoms with Crippen molar-refractivity contribution in [1.82, 2.24) is 20.1 Å². The van der Waals surface area contributed by atoms with Gasteiger partial charge in [0.05, 0.1) is 27.7 Å². The van der Waals surface area contributed by atoms with Gasteiger partial charge < -0.3 is 14.8 Å². The van der Waals surface area contributed by atoms with Crippen LogP contribution >= 0.6 is 34.9 Å². The van der Waals surface area contributed by atoms with Gasteiger partial charge in [-0.1, -0.05) is 17.7 Å². The molecule has 1 aromatic carbocycles. The van der Waals surface area contributed by atoms with E-state index >= 15 is 0 Å². The van der Waals surface area contributed by atoms with Crippen LogP contribution in [0.2, 0.25) is 5.02 Å². The van der Waals surface area contributed by atoms with Gasteiger partial charge in [-0.05, 0) is 36.6 Å². The number of aromatic nitrogens is 3. The smallest absolute Gasteiger partial charge is 0.147 e. The average Bonchev–Trinajstić information content (AvgIpc) is 3.39. The number of aryl methyl sites for hydroxylation is 1. The number of hydrogen-bond donors (Lipinski definition) is 2. The lowest BCUT2D eigenvalue weighted by Crippen LogP contribution is -2.38. The molecule has 0 spiro atoms. The third kappa shape index (κ3) is 4.92. The molecule has 3 aromatic rings. The molecule has 0 bridgehead atoms. The molecule has 4 rings (SSSR count). The van der Waals surface area contributed by atoms with Crippen molar-refractivity contribution in [1.29, 1.82) is 0 Å². The van der Waals surface area contributed by atoms with E-state index in [-0.39, 0.29) is 6.04 Å². The van der Waals surface area contributed by atoms with E-state index in [0.717, 1.165) is 36.1 Å². The summed E-state index contributed by atoms with van der Waals surface area (Å²) in [5.74, 6) is 0.589. The van der Waals surface area contributed by atoms with Crippen LogP contribution in [0.4, 0.5) is 10.2 Å². The Bertz CT molecular complexity index is 1010. The Labute approximate surface area is 181 Å². The number of halogens is 2. The molecule has 0 saturated heterocycles. The number of ether oxygens (including phenoxy) is 1. The summed E-state index contributed by atoms with van der Waals surface area (Å²) in [6.07, 6.45) is 6.93. The normalized spacial score (nSPS) is 16.5. The third-order valence-corrected chi connectivity index (χ3v) is 6.13. The van der Waals surface area contributed by atoms with Gasteiger partial charge in [-0.25, -0.2) is 9.37 Å². The first kappa shape index (κ1) is 20.2. The first-order valence-electron chi connectivity index (χ1n) is 8.95.